The van der Waals surface area contributed by atoms with Crippen molar-refractivity contribution in [3.05, 3.63) is 36.6 Å². The molecule has 3 aromatic rings. The molecular weight excluding hydrogens is 328 g/mol. The molecule has 1 fully saturated rings. The summed E-state index contributed by atoms with van der Waals surface area (Å²) in [7, 11) is 0. The highest BCUT2D eigenvalue weighted by molar-refractivity contribution is 5.72. The third-order valence-corrected chi connectivity index (χ3v) is 4.69. The molecule has 4 heterocycles. The Balaban J connectivity index is 1.42. The monoisotopic (exact) mass is 347 g/mol. The quantitative estimate of drug-likeness (QED) is 0.710. The van der Waals surface area contributed by atoms with E-state index in [-0.39, 0.29) is 6.54 Å². The molecular formula is C17H19F2N5O. The maximum Gasteiger partial charge on any atom is 0.251 e. The fourth-order valence-corrected chi connectivity index (χ4v) is 3.39. The molecule has 132 valence electrons. The molecule has 0 atom stereocenters. The number of hydrogen-bond donors (Lipinski definition) is 0. The zero-order valence-corrected chi connectivity index (χ0v) is 13.7. The molecule has 0 saturated carbocycles. The van der Waals surface area contributed by atoms with E-state index >= 15 is 0 Å². The first-order chi connectivity index (χ1) is 12.2. The summed E-state index contributed by atoms with van der Waals surface area (Å²) >= 11 is 0. The molecule has 25 heavy (non-hydrogen) atoms. The lowest BCUT2D eigenvalue weighted by Gasteiger charge is -2.30. The minimum atomic E-state index is -2.26. The third-order valence-electron chi connectivity index (χ3n) is 4.69. The summed E-state index contributed by atoms with van der Waals surface area (Å²) < 4.78 is 32.2. The van der Waals surface area contributed by atoms with Crippen molar-refractivity contribution in [2.75, 3.05) is 19.6 Å². The molecule has 6 nitrogen and oxygen atoms in total. The van der Waals surface area contributed by atoms with E-state index in [0.29, 0.717) is 37.1 Å². The maximum absolute atomic E-state index is 12.4. The molecule has 8 heteroatoms. The molecule has 0 spiro atoms. The van der Waals surface area contributed by atoms with E-state index in [9.17, 15) is 8.78 Å². The highest BCUT2D eigenvalue weighted by Crippen LogP contribution is 2.24. The van der Waals surface area contributed by atoms with E-state index in [1.807, 2.05) is 33.8 Å². The lowest BCUT2D eigenvalue weighted by atomic mass is 9.93. The summed E-state index contributed by atoms with van der Waals surface area (Å²) in [6.07, 6.45) is 5.69. The molecule has 0 unspecified atom stereocenters. The number of piperidine rings is 1. The number of pyridine rings is 1. The van der Waals surface area contributed by atoms with Gasteiger partial charge in [0, 0.05) is 25.0 Å². The van der Waals surface area contributed by atoms with E-state index in [1.54, 1.807) is 6.20 Å². The maximum atomic E-state index is 12.4. The van der Waals surface area contributed by atoms with Gasteiger partial charge in [0.05, 0.1) is 12.1 Å². The third kappa shape index (κ3) is 3.53. The Labute approximate surface area is 143 Å². The molecule has 0 radical (unpaired) electrons. The predicted octanol–water partition coefficient (Wildman–Crippen LogP) is 2.90. The van der Waals surface area contributed by atoms with Crippen LogP contribution in [0.1, 0.15) is 18.7 Å². The second kappa shape index (κ2) is 6.87. The van der Waals surface area contributed by atoms with Gasteiger partial charge in [0.2, 0.25) is 11.7 Å². The van der Waals surface area contributed by atoms with Crippen LogP contribution in [0.25, 0.3) is 17.0 Å². The van der Waals surface area contributed by atoms with Crippen molar-refractivity contribution in [3.8, 4) is 11.4 Å². The number of hydrogen-bond acceptors (Lipinski definition) is 5. The van der Waals surface area contributed by atoms with E-state index in [1.165, 1.54) is 0 Å². The first kappa shape index (κ1) is 16.1. The Morgan fingerprint density at radius 2 is 2.08 bits per heavy atom. The van der Waals surface area contributed by atoms with Crippen LogP contribution >= 0.6 is 0 Å². The van der Waals surface area contributed by atoms with Crippen LogP contribution in [0.5, 0.6) is 0 Å². The number of likely N-dealkylation sites (tertiary alicyclic amines) is 1. The van der Waals surface area contributed by atoms with Crippen LogP contribution in [0, 0.1) is 5.92 Å². The summed E-state index contributed by atoms with van der Waals surface area (Å²) in [4.78, 5) is 10.7. The number of imidazole rings is 1. The van der Waals surface area contributed by atoms with Gasteiger partial charge in [-0.05, 0) is 44.0 Å². The van der Waals surface area contributed by atoms with Gasteiger partial charge in [-0.25, -0.2) is 13.8 Å². The minimum Gasteiger partial charge on any atom is -0.339 e. The van der Waals surface area contributed by atoms with E-state index in [4.69, 9.17) is 4.52 Å². The molecule has 0 aromatic carbocycles. The molecule has 3 aromatic heterocycles. The van der Waals surface area contributed by atoms with Crippen LogP contribution in [0.2, 0.25) is 0 Å². The molecule has 1 saturated heterocycles. The fraction of sp³-hybridized carbons (Fsp3) is 0.471. The highest BCUT2D eigenvalue weighted by atomic mass is 19.3. The van der Waals surface area contributed by atoms with Crippen LogP contribution < -0.4 is 0 Å². The van der Waals surface area contributed by atoms with Crippen molar-refractivity contribution >= 4 is 5.65 Å². The average molecular weight is 347 g/mol. The molecule has 0 aliphatic carbocycles. The summed E-state index contributed by atoms with van der Waals surface area (Å²) in [5.74, 6) is 1.52. The van der Waals surface area contributed by atoms with Crippen molar-refractivity contribution in [2.24, 2.45) is 5.92 Å². The van der Waals surface area contributed by atoms with Crippen LogP contribution in [0.4, 0.5) is 8.78 Å². The summed E-state index contributed by atoms with van der Waals surface area (Å²) in [6, 6.07) is 3.83. The molecule has 0 bridgehead atoms. The SMILES string of the molecule is FC(F)CN1CCC(Cc2nc(-c3cccn4ccnc34)no2)CC1. The number of alkyl halides is 2. The first-order valence-corrected chi connectivity index (χ1v) is 8.44. The largest absolute Gasteiger partial charge is 0.339 e. The van der Waals surface area contributed by atoms with Crippen LogP contribution in [-0.4, -0.2) is 50.5 Å². The number of nitrogens with zero attached hydrogens (tertiary/aromatic N) is 5. The number of aromatic nitrogens is 4. The van der Waals surface area contributed by atoms with Gasteiger partial charge in [0.15, 0.2) is 0 Å². The molecule has 1 aliphatic heterocycles. The Morgan fingerprint density at radius 3 is 2.88 bits per heavy atom. The Hall–Kier alpha value is -2.35. The normalized spacial score (nSPS) is 16.9. The number of halogens is 2. The van der Waals surface area contributed by atoms with Crippen molar-refractivity contribution in [2.45, 2.75) is 25.7 Å². The zero-order valence-electron chi connectivity index (χ0n) is 13.7. The topological polar surface area (TPSA) is 59.5 Å². The summed E-state index contributed by atoms with van der Waals surface area (Å²) in [6.45, 7) is 1.26. The lowest BCUT2D eigenvalue weighted by molar-refractivity contribution is 0.0681. The van der Waals surface area contributed by atoms with Crippen molar-refractivity contribution in [1.29, 1.82) is 0 Å². The van der Waals surface area contributed by atoms with Gasteiger partial charge in [0.25, 0.3) is 6.43 Å². The Kier molecular flexibility index (Phi) is 4.44. The van der Waals surface area contributed by atoms with E-state index in [2.05, 4.69) is 15.1 Å². The second-order valence-corrected chi connectivity index (χ2v) is 6.43. The second-order valence-electron chi connectivity index (χ2n) is 6.43. The van der Waals surface area contributed by atoms with Gasteiger partial charge in [-0.15, -0.1) is 0 Å². The summed E-state index contributed by atoms with van der Waals surface area (Å²) in [5.41, 5.74) is 1.62. The van der Waals surface area contributed by atoms with Crippen molar-refractivity contribution in [1.82, 2.24) is 24.4 Å². The van der Waals surface area contributed by atoms with Gasteiger partial charge in [0.1, 0.15) is 5.65 Å². The Bertz CT molecular complexity index is 838. The number of rotatable bonds is 5. The van der Waals surface area contributed by atoms with Gasteiger partial charge in [-0.1, -0.05) is 5.16 Å². The van der Waals surface area contributed by atoms with Crippen LogP contribution in [0.3, 0.4) is 0 Å². The molecule has 0 amide bonds. The molecule has 1 aliphatic rings. The lowest BCUT2D eigenvalue weighted by Crippen LogP contribution is -2.37. The number of fused-ring (bicyclic) bond motifs is 1. The van der Waals surface area contributed by atoms with E-state index in [0.717, 1.165) is 24.1 Å². The van der Waals surface area contributed by atoms with E-state index < -0.39 is 6.43 Å². The average Bonchev–Trinajstić information content (AvgIpc) is 3.25. The highest BCUT2D eigenvalue weighted by Gasteiger charge is 2.23. The van der Waals surface area contributed by atoms with Gasteiger partial charge in [-0.2, -0.15) is 4.98 Å². The molecule has 0 N–H and O–H groups in total. The minimum absolute atomic E-state index is 0.133. The van der Waals surface area contributed by atoms with Crippen molar-refractivity contribution in [3.63, 3.8) is 0 Å². The smallest absolute Gasteiger partial charge is 0.251 e. The molecule has 4 rings (SSSR count). The van der Waals surface area contributed by atoms with Crippen LogP contribution in [-0.2, 0) is 6.42 Å². The summed E-state index contributed by atoms with van der Waals surface area (Å²) in [5, 5.41) is 4.09. The van der Waals surface area contributed by atoms with Gasteiger partial charge < -0.3 is 8.92 Å². The van der Waals surface area contributed by atoms with Gasteiger partial charge in [-0.3, -0.25) is 4.90 Å². The van der Waals surface area contributed by atoms with Crippen molar-refractivity contribution < 1.29 is 13.3 Å². The van der Waals surface area contributed by atoms with Crippen LogP contribution in [0.15, 0.2) is 35.2 Å². The van der Waals surface area contributed by atoms with Gasteiger partial charge >= 0.3 is 0 Å². The first-order valence-electron chi connectivity index (χ1n) is 8.44. The fourth-order valence-electron chi connectivity index (χ4n) is 3.39. The predicted molar refractivity (Wildman–Crippen MR) is 87.4 cm³/mol. The Morgan fingerprint density at radius 1 is 1.24 bits per heavy atom. The standard InChI is InChI=1S/C17H19F2N5O/c18-14(19)11-23-7-3-12(4-8-23)10-15-21-16(22-25-15)13-2-1-6-24-9-5-20-17(13)24/h1-2,5-6,9,12,14H,3-4,7-8,10-11H2. The zero-order chi connectivity index (χ0) is 17.2.